The molecule has 0 radical (unpaired) electrons. The summed E-state index contributed by atoms with van der Waals surface area (Å²) in [5.41, 5.74) is 1.81. The first-order valence-electron chi connectivity index (χ1n) is 10.4. The zero-order chi connectivity index (χ0) is 20.6. The smallest absolute Gasteiger partial charge is 0.242 e. The maximum absolute atomic E-state index is 12.9. The lowest BCUT2D eigenvalue weighted by atomic mass is 10.00. The molecule has 1 heterocycles. The SMILES string of the molecule is CCC1CCCCN1C(=O)CN(C(C)=O)c1ccc(OCc2ccccc2)cc1. The molecule has 2 aromatic rings. The van der Waals surface area contributed by atoms with E-state index in [-0.39, 0.29) is 18.4 Å². The van der Waals surface area contributed by atoms with Crippen molar-refractivity contribution in [1.82, 2.24) is 4.90 Å². The van der Waals surface area contributed by atoms with Gasteiger partial charge in [-0.05, 0) is 55.5 Å². The van der Waals surface area contributed by atoms with Crippen molar-refractivity contribution in [3.05, 3.63) is 60.2 Å². The molecule has 0 saturated carbocycles. The molecular formula is C24H30N2O3. The summed E-state index contributed by atoms with van der Waals surface area (Å²) in [5.74, 6) is 0.618. The van der Waals surface area contributed by atoms with E-state index in [2.05, 4.69) is 6.92 Å². The van der Waals surface area contributed by atoms with E-state index in [0.717, 1.165) is 37.1 Å². The Morgan fingerprint density at radius 2 is 1.79 bits per heavy atom. The fourth-order valence-corrected chi connectivity index (χ4v) is 3.83. The average molecular weight is 395 g/mol. The van der Waals surface area contributed by atoms with E-state index in [1.807, 2.05) is 59.5 Å². The van der Waals surface area contributed by atoms with Gasteiger partial charge >= 0.3 is 0 Å². The molecule has 1 atom stereocenters. The van der Waals surface area contributed by atoms with Gasteiger partial charge in [-0.3, -0.25) is 9.59 Å². The van der Waals surface area contributed by atoms with Crippen LogP contribution < -0.4 is 9.64 Å². The summed E-state index contributed by atoms with van der Waals surface area (Å²) < 4.78 is 5.81. The predicted octanol–water partition coefficient (Wildman–Crippen LogP) is 4.41. The van der Waals surface area contributed by atoms with E-state index in [1.54, 1.807) is 4.90 Å². The summed E-state index contributed by atoms with van der Waals surface area (Å²) in [6, 6.07) is 17.6. The number of nitrogens with zero attached hydrogens (tertiary/aromatic N) is 2. The van der Waals surface area contributed by atoms with Gasteiger partial charge in [0.1, 0.15) is 18.9 Å². The number of hydrogen-bond donors (Lipinski definition) is 0. The normalized spacial score (nSPS) is 16.3. The third-order valence-electron chi connectivity index (χ3n) is 5.49. The highest BCUT2D eigenvalue weighted by atomic mass is 16.5. The van der Waals surface area contributed by atoms with Gasteiger partial charge in [0.25, 0.3) is 0 Å². The fraction of sp³-hybridized carbons (Fsp3) is 0.417. The number of carbonyl (C=O) groups is 2. The number of benzene rings is 2. The van der Waals surface area contributed by atoms with Crippen LogP contribution in [0.2, 0.25) is 0 Å². The highest BCUT2D eigenvalue weighted by molar-refractivity contribution is 5.97. The lowest BCUT2D eigenvalue weighted by Gasteiger charge is -2.36. The highest BCUT2D eigenvalue weighted by Crippen LogP contribution is 2.23. The van der Waals surface area contributed by atoms with Gasteiger partial charge in [0, 0.05) is 25.2 Å². The summed E-state index contributed by atoms with van der Waals surface area (Å²) in [6.45, 7) is 4.97. The molecule has 29 heavy (non-hydrogen) atoms. The second-order valence-electron chi connectivity index (χ2n) is 7.52. The molecule has 5 nitrogen and oxygen atoms in total. The Morgan fingerprint density at radius 1 is 1.07 bits per heavy atom. The van der Waals surface area contributed by atoms with E-state index in [4.69, 9.17) is 4.74 Å². The van der Waals surface area contributed by atoms with Gasteiger partial charge in [-0.1, -0.05) is 37.3 Å². The average Bonchev–Trinajstić information content (AvgIpc) is 2.76. The lowest BCUT2D eigenvalue weighted by Crippen LogP contribution is -2.48. The molecule has 0 aromatic heterocycles. The molecule has 154 valence electrons. The number of likely N-dealkylation sites (tertiary alicyclic amines) is 1. The standard InChI is InChI=1S/C24H30N2O3/c1-3-21-11-7-8-16-25(21)24(28)17-26(19(2)27)22-12-14-23(15-13-22)29-18-20-9-5-4-6-10-20/h4-6,9-10,12-15,21H,3,7-8,11,16-18H2,1-2H3. The second kappa shape index (κ2) is 10.1. The number of amides is 2. The number of rotatable bonds is 7. The third-order valence-corrected chi connectivity index (χ3v) is 5.49. The predicted molar refractivity (Wildman–Crippen MR) is 115 cm³/mol. The van der Waals surface area contributed by atoms with Crippen molar-refractivity contribution in [2.75, 3.05) is 18.0 Å². The van der Waals surface area contributed by atoms with Crippen molar-refractivity contribution < 1.29 is 14.3 Å². The molecule has 1 aliphatic rings. The molecule has 2 aromatic carbocycles. The molecule has 1 saturated heterocycles. The highest BCUT2D eigenvalue weighted by Gasteiger charge is 2.27. The quantitative estimate of drug-likeness (QED) is 0.699. The van der Waals surface area contributed by atoms with Crippen LogP contribution in [0.25, 0.3) is 0 Å². The van der Waals surface area contributed by atoms with Crippen LogP contribution in [-0.2, 0) is 16.2 Å². The van der Waals surface area contributed by atoms with E-state index in [9.17, 15) is 9.59 Å². The zero-order valence-electron chi connectivity index (χ0n) is 17.3. The molecule has 0 N–H and O–H groups in total. The molecule has 1 aliphatic heterocycles. The summed E-state index contributed by atoms with van der Waals surface area (Å²) in [6.07, 6.45) is 4.22. The molecule has 2 amide bonds. The Balaban J connectivity index is 1.64. The summed E-state index contributed by atoms with van der Waals surface area (Å²) in [4.78, 5) is 28.6. The Labute approximate surface area is 173 Å². The third kappa shape index (κ3) is 5.59. The Bertz CT molecular complexity index is 805. The monoisotopic (exact) mass is 394 g/mol. The van der Waals surface area contributed by atoms with Gasteiger partial charge in [0.15, 0.2) is 0 Å². The topological polar surface area (TPSA) is 49.9 Å². The van der Waals surface area contributed by atoms with E-state index >= 15 is 0 Å². The van der Waals surface area contributed by atoms with Crippen LogP contribution in [0.15, 0.2) is 54.6 Å². The number of anilines is 1. The largest absolute Gasteiger partial charge is 0.489 e. The Morgan fingerprint density at radius 3 is 2.45 bits per heavy atom. The molecule has 1 unspecified atom stereocenters. The molecule has 3 rings (SSSR count). The molecule has 0 aliphatic carbocycles. The number of piperidine rings is 1. The van der Waals surface area contributed by atoms with Crippen LogP contribution in [0.4, 0.5) is 5.69 Å². The van der Waals surface area contributed by atoms with Gasteiger partial charge in [0.2, 0.25) is 11.8 Å². The molecule has 1 fully saturated rings. The minimum absolute atomic E-state index is 0.0242. The van der Waals surface area contributed by atoms with Crippen LogP contribution in [0.3, 0.4) is 0 Å². The van der Waals surface area contributed by atoms with Crippen LogP contribution in [-0.4, -0.2) is 35.8 Å². The van der Waals surface area contributed by atoms with E-state index in [1.165, 1.54) is 13.3 Å². The van der Waals surface area contributed by atoms with Crippen LogP contribution >= 0.6 is 0 Å². The Kier molecular flexibility index (Phi) is 7.28. The lowest BCUT2D eigenvalue weighted by molar-refractivity contribution is -0.134. The number of carbonyl (C=O) groups excluding carboxylic acids is 2. The van der Waals surface area contributed by atoms with Gasteiger partial charge < -0.3 is 14.5 Å². The second-order valence-corrected chi connectivity index (χ2v) is 7.52. The number of hydrogen-bond acceptors (Lipinski definition) is 3. The van der Waals surface area contributed by atoms with Crippen molar-refractivity contribution in [2.24, 2.45) is 0 Å². The first-order chi connectivity index (χ1) is 14.1. The van der Waals surface area contributed by atoms with Crippen molar-refractivity contribution in [2.45, 2.75) is 52.2 Å². The summed E-state index contributed by atoms with van der Waals surface area (Å²) >= 11 is 0. The van der Waals surface area contributed by atoms with Gasteiger partial charge in [-0.15, -0.1) is 0 Å². The molecule has 5 heteroatoms. The van der Waals surface area contributed by atoms with Crippen molar-refractivity contribution >= 4 is 17.5 Å². The molecule has 0 bridgehead atoms. The van der Waals surface area contributed by atoms with Crippen LogP contribution in [0, 0.1) is 0 Å². The maximum Gasteiger partial charge on any atom is 0.242 e. The zero-order valence-corrected chi connectivity index (χ0v) is 17.3. The molecular weight excluding hydrogens is 364 g/mol. The van der Waals surface area contributed by atoms with Crippen molar-refractivity contribution in [1.29, 1.82) is 0 Å². The first kappa shape index (κ1) is 20.9. The fourth-order valence-electron chi connectivity index (χ4n) is 3.83. The van der Waals surface area contributed by atoms with Gasteiger partial charge in [0.05, 0.1) is 0 Å². The summed E-state index contributed by atoms with van der Waals surface area (Å²) in [7, 11) is 0. The van der Waals surface area contributed by atoms with Crippen LogP contribution in [0.1, 0.15) is 45.1 Å². The molecule has 0 spiro atoms. The van der Waals surface area contributed by atoms with Crippen molar-refractivity contribution in [3.8, 4) is 5.75 Å². The minimum atomic E-state index is -0.138. The number of ether oxygens (including phenoxy) is 1. The first-order valence-corrected chi connectivity index (χ1v) is 10.4. The van der Waals surface area contributed by atoms with E-state index in [0.29, 0.717) is 18.3 Å². The van der Waals surface area contributed by atoms with Crippen molar-refractivity contribution in [3.63, 3.8) is 0 Å². The Hall–Kier alpha value is -2.82. The van der Waals surface area contributed by atoms with E-state index < -0.39 is 0 Å². The van der Waals surface area contributed by atoms with Gasteiger partial charge in [-0.25, -0.2) is 0 Å². The minimum Gasteiger partial charge on any atom is -0.489 e. The van der Waals surface area contributed by atoms with Gasteiger partial charge in [-0.2, -0.15) is 0 Å². The van der Waals surface area contributed by atoms with Crippen LogP contribution in [0.5, 0.6) is 5.75 Å². The summed E-state index contributed by atoms with van der Waals surface area (Å²) in [5, 5.41) is 0. The maximum atomic E-state index is 12.9.